The van der Waals surface area contributed by atoms with Gasteiger partial charge in [0.2, 0.25) is 11.8 Å². The molecule has 2 amide bonds. The number of nitrogens with one attached hydrogen (secondary N) is 2. The average Bonchev–Trinajstić information content (AvgIpc) is 2.41. The highest BCUT2D eigenvalue weighted by atomic mass is 16.5. The molecule has 0 heterocycles. The van der Waals surface area contributed by atoms with Crippen molar-refractivity contribution in [1.82, 2.24) is 10.6 Å². The van der Waals surface area contributed by atoms with Gasteiger partial charge in [0, 0.05) is 19.6 Å². The van der Waals surface area contributed by atoms with E-state index < -0.39 is 11.9 Å². The van der Waals surface area contributed by atoms with Crippen molar-refractivity contribution in [1.29, 1.82) is 0 Å². The van der Waals surface area contributed by atoms with Crippen LogP contribution in [0.2, 0.25) is 0 Å². The van der Waals surface area contributed by atoms with Crippen molar-refractivity contribution in [2.24, 2.45) is 11.5 Å². The van der Waals surface area contributed by atoms with E-state index in [-0.39, 0.29) is 5.91 Å². The molecule has 0 aliphatic rings. The monoisotopic (exact) mass is 288 g/mol. The van der Waals surface area contributed by atoms with E-state index in [1.54, 1.807) is 0 Å². The summed E-state index contributed by atoms with van der Waals surface area (Å²) in [6.45, 7) is 4.59. The highest BCUT2D eigenvalue weighted by Crippen LogP contribution is 1.98. The van der Waals surface area contributed by atoms with Gasteiger partial charge >= 0.3 is 0 Å². The number of primary amides is 1. The van der Waals surface area contributed by atoms with Crippen molar-refractivity contribution in [3.8, 4) is 0 Å². The van der Waals surface area contributed by atoms with Crippen LogP contribution in [0, 0.1) is 0 Å². The van der Waals surface area contributed by atoms with E-state index >= 15 is 0 Å². The standard InChI is InChI=1S/C13H28N4O3/c1-2-16-10-20-9-5-7-12(18)17-8-4-3-6-11(14)13(15)19/h11,16H,2-10,14H2,1H3,(H2,15,19)(H,17,18)/t11-/m0/s1. The zero-order chi connectivity index (χ0) is 15.2. The fourth-order valence-corrected chi connectivity index (χ4v) is 1.53. The third-order valence-electron chi connectivity index (χ3n) is 2.78. The Hall–Kier alpha value is -1.18. The van der Waals surface area contributed by atoms with Crippen LogP contribution in [0.4, 0.5) is 0 Å². The Morgan fingerprint density at radius 3 is 2.65 bits per heavy atom. The second kappa shape index (κ2) is 12.8. The third kappa shape index (κ3) is 11.9. The maximum Gasteiger partial charge on any atom is 0.234 e. The predicted octanol–water partition coefficient (Wildman–Crippen LogP) is -0.551. The van der Waals surface area contributed by atoms with Crippen LogP contribution < -0.4 is 22.1 Å². The zero-order valence-corrected chi connectivity index (χ0v) is 12.3. The lowest BCUT2D eigenvalue weighted by Crippen LogP contribution is -2.36. The van der Waals surface area contributed by atoms with Crippen molar-refractivity contribution in [3.63, 3.8) is 0 Å². The molecular formula is C13H28N4O3. The number of hydrogen-bond acceptors (Lipinski definition) is 5. The predicted molar refractivity (Wildman–Crippen MR) is 77.8 cm³/mol. The molecule has 20 heavy (non-hydrogen) atoms. The topological polar surface area (TPSA) is 119 Å². The van der Waals surface area contributed by atoms with Crippen LogP contribution in [0.15, 0.2) is 0 Å². The summed E-state index contributed by atoms with van der Waals surface area (Å²) < 4.78 is 5.27. The fourth-order valence-electron chi connectivity index (χ4n) is 1.53. The van der Waals surface area contributed by atoms with Crippen LogP contribution in [-0.4, -0.2) is 44.3 Å². The Labute approximate surface area is 120 Å². The van der Waals surface area contributed by atoms with E-state index in [2.05, 4.69) is 10.6 Å². The van der Waals surface area contributed by atoms with E-state index in [1.165, 1.54) is 0 Å². The van der Waals surface area contributed by atoms with Crippen molar-refractivity contribution >= 4 is 11.8 Å². The van der Waals surface area contributed by atoms with Crippen LogP contribution >= 0.6 is 0 Å². The minimum atomic E-state index is -0.584. The van der Waals surface area contributed by atoms with E-state index in [9.17, 15) is 9.59 Å². The Morgan fingerprint density at radius 2 is 2.00 bits per heavy atom. The van der Waals surface area contributed by atoms with Gasteiger partial charge in [0.05, 0.1) is 12.8 Å². The number of hydrogen-bond donors (Lipinski definition) is 4. The Kier molecular flexibility index (Phi) is 12.1. The first-order valence-electron chi connectivity index (χ1n) is 7.18. The number of carbonyl (C=O) groups excluding carboxylic acids is 2. The molecule has 7 heteroatoms. The summed E-state index contributed by atoms with van der Waals surface area (Å²) in [6.07, 6.45) is 3.31. The van der Waals surface area contributed by atoms with Crippen LogP contribution in [0.5, 0.6) is 0 Å². The molecule has 0 fully saturated rings. The Morgan fingerprint density at radius 1 is 1.25 bits per heavy atom. The third-order valence-corrected chi connectivity index (χ3v) is 2.78. The molecule has 0 radical (unpaired) electrons. The molecule has 6 N–H and O–H groups in total. The summed E-state index contributed by atoms with van der Waals surface area (Å²) in [4.78, 5) is 22.2. The van der Waals surface area contributed by atoms with Crippen molar-refractivity contribution in [2.45, 2.75) is 45.1 Å². The van der Waals surface area contributed by atoms with Gasteiger partial charge in [-0.15, -0.1) is 0 Å². The van der Waals surface area contributed by atoms with Crippen LogP contribution in [0.1, 0.15) is 39.0 Å². The first kappa shape index (κ1) is 18.8. The number of carbonyl (C=O) groups is 2. The van der Waals surface area contributed by atoms with E-state index in [4.69, 9.17) is 16.2 Å². The lowest BCUT2D eigenvalue weighted by atomic mass is 10.1. The summed E-state index contributed by atoms with van der Waals surface area (Å²) in [5.41, 5.74) is 10.5. The summed E-state index contributed by atoms with van der Waals surface area (Å²) >= 11 is 0. The van der Waals surface area contributed by atoms with Gasteiger partial charge in [-0.2, -0.15) is 0 Å². The molecule has 0 spiro atoms. The van der Waals surface area contributed by atoms with Gasteiger partial charge < -0.3 is 21.5 Å². The number of rotatable bonds is 13. The highest BCUT2D eigenvalue weighted by Gasteiger charge is 2.08. The lowest BCUT2D eigenvalue weighted by molar-refractivity contribution is -0.121. The van der Waals surface area contributed by atoms with Crippen LogP contribution in [0.25, 0.3) is 0 Å². The lowest BCUT2D eigenvalue weighted by Gasteiger charge is -2.08. The molecular weight excluding hydrogens is 260 g/mol. The van der Waals surface area contributed by atoms with Gasteiger partial charge in [-0.1, -0.05) is 6.92 Å². The summed E-state index contributed by atoms with van der Waals surface area (Å²) in [7, 11) is 0. The molecule has 0 bridgehead atoms. The minimum absolute atomic E-state index is 0.0243. The number of nitrogens with two attached hydrogens (primary N) is 2. The summed E-state index contributed by atoms with van der Waals surface area (Å²) in [6, 6.07) is -0.584. The van der Waals surface area contributed by atoms with Gasteiger partial charge in [0.15, 0.2) is 0 Å². The molecule has 0 unspecified atom stereocenters. The molecule has 0 saturated heterocycles. The normalized spacial score (nSPS) is 12.1. The van der Waals surface area contributed by atoms with Gasteiger partial charge in [0.25, 0.3) is 0 Å². The maximum absolute atomic E-state index is 11.5. The summed E-state index contributed by atoms with van der Waals surface area (Å²) in [5, 5.41) is 5.86. The second-order valence-electron chi connectivity index (χ2n) is 4.61. The van der Waals surface area contributed by atoms with E-state index in [0.717, 1.165) is 19.4 Å². The number of amides is 2. The minimum Gasteiger partial charge on any atom is -0.368 e. The molecule has 1 atom stereocenters. The first-order chi connectivity index (χ1) is 9.57. The fraction of sp³-hybridized carbons (Fsp3) is 0.846. The van der Waals surface area contributed by atoms with Gasteiger partial charge in [-0.25, -0.2) is 0 Å². The van der Waals surface area contributed by atoms with Gasteiger partial charge in [-0.05, 0) is 32.2 Å². The molecule has 0 aromatic carbocycles. The second-order valence-corrected chi connectivity index (χ2v) is 4.61. The molecule has 7 nitrogen and oxygen atoms in total. The largest absolute Gasteiger partial charge is 0.368 e. The van der Waals surface area contributed by atoms with Gasteiger partial charge in [0.1, 0.15) is 0 Å². The molecule has 0 aliphatic carbocycles. The van der Waals surface area contributed by atoms with E-state index in [1.807, 2.05) is 6.92 Å². The van der Waals surface area contributed by atoms with Gasteiger partial charge in [-0.3, -0.25) is 14.9 Å². The highest BCUT2D eigenvalue weighted by molar-refractivity contribution is 5.79. The maximum atomic E-state index is 11.5. The first-order valence-corrected chi connectivity index (χ1v) is 7.18. The Balaban J connectivity index is 3.30. The molecule has 0 aromatic rings. The SMILES string of the molecule is CCNCOCCCC(=O)NCCCC[C@H](N)C(N)=O. The smallest absolute Gasteiger partial charge is 0.234 e. The van der Waals surface area contributed by atoms with Crippen molar-refractivity contribution in [3.05, 3.63) is 0 Å². The number of unbranched alkanes of at least 4 members (excludes halogenated alkanes) is 1. The van der Waals surface area contributed by atoms with Crippen LogP contribution in [0.3, 0.4) is 0 Å². The van der Waals surface area contributed by atoms with Crippen molar-refractivity contribution in [2.75, 3.05) is 26.4 Å². The Bertz CT molecular complexity index is 274. The molecule has 0 rings (SSSR count). The molecule has 0 aliphatic heterocycles. The molecule has 118 valence electrons. The molecule has 0 aromatic heterocycles. The number of ether oxygens (including phenoxy) is 1. The quantitative estimate of drug-likeness (QED) is 0.268. The average molecular weight is 288 g/mol. The van der Waals surface area contributed by atoms with Crippen LogP contribution in [-0.2, 0) is 14.3 Å². The molecule has 0 saturated carbocycles. The zero-order valence-electron chi connectivity index (χ0n) is 12.3. The van der Waals surface area contributed by atoms with Crippen molar-refractivity contribution < 1.29 is 14.3 Å². The van der Waals surface area contributed by atoms with E-state index in [0.29, 0.717) is 39.1 Å². The summed E-state index contributed by atoms with van der Waals surface area (Å²) in [5.74, 6) is -0.456.